The number of aromatic nitrogens is 1. The first kappa shape index (κ1) is 32.1. The number of hydrogen-bond acceptors (Lipinski definition) is 2. The predicted molar refractivity (Wildman–Crippen MR) is 245 cm³/mol. The molecular weight excluding hydrogens is 709 g/mol. The Bertz CT molecular complexity index is 3460. The van der Waals surface area contributed by atoms with Crippen molar-refractivity contribution in [2.45, 2.75) is 0 Å². The third-order valence-corrected chi connectivity index (χ3v) is 12.8. The quantitative estimate of drug-likeness (QED) is 0.165. The van der Waals surface area contributed by atoms with Gasteiger partial charge in [0.2, 0.25) is 0 Å². The first-order chi connectivity index (χ1) is 28.2. The van der Waals surface area contributed by atoms with Crippen LogP contribution in [0, 0.1) is 0 Å². The molecule has 0 bridgehead atoms. The lowest BCUT2D eigenvalue weighted by molar-refractivity contribution is 1.29. The van der Waals surface area contributed by atoms with Gasteiger partial charge in [-0.15, -0.1) is 11.3 Å². The molecule has 0 saturated carbocycles. The molecule has 0 spiro atoms. The lowest BCUT2D eigenvalue weighted by Crippen LogP contribution is -2.09. The number of thiophene rings is 1. The smallest absolute Gasteiger partial charge is 0.0620 e. The van der Waals surface area contributed by atoms with Gasteiger partial charge < -0.3 is 9.30 Å². The van der Waals surface area contributed by atoms with Crippen LogP contribution in [-0.2, 0) is 0 Å². The van der Waals surface area contributed by atoms with Crippen molar-refractivity contribution in [3.63, 3.8) is 0 Å². The first-order valence-electron chi connectivity index (χ1n) is 19.5. The van der Waals surface area contributed by atoms with Crippen LogP contribution >= 0.6 is 11.3 Å². The summed E-state index contributed by atoms with van der Waals surface area (Å²) in [7, 11) is 0. The first-order valence-corrected chi connectivity index (χ1v) is 20.3. The van der Waals surface area contributed by atoms with Crippen LogP contribution < -0.4 is 4.90 Å². The molecule has 0 N–H and O–H groups in total. The fourth-order valence-electron chi connectivity index (χ4n) is 9.05. The predicted octanol–water partition coefficient (Wildman–Crippen LogP) is 15.7. The molecule has 0 amide bonds. The Morgan fingerprint density at radius 2 is 0.842 bits per heavy atom. The van der Waals surface area contributed by atoms with Crippen LogP contribution in [-0.4, -0.2) is 4.40 Å². The van der Waals surface area contributed by atoms with Gasteiger partial charge in [-0.2, -0.15) is 0 Å². The summed E-state index contributed by atoms with van der Waals surface area (Å²) in [6.45, 7) is 0. The lowest BCUT2D eigenvalue weighted by Gasteiger charge is -2.26. The van der Waals surface area contributed by atoms with Crippen molar-refractivity contribution in [1.82, 2.24) is 4.40 Å². The molecule has 3 heterocycles. The van der Waals surface area contributed by atoms with Crippen LogP contribution in [0.4, 0.5) is 17.1 Å². The zero-order valence-corrected chi connectivity index (χ0v) is 31.7. The summed E-state index contributed by atoms with van der Waals surface area (Å²) in [6, 6.07) is 75.6. The second kappa shape index (κ2) is 12.7. The van der Waals surface area contributed by atoms with Gasteiger partial charge in [-0.25, -0.2) is 0 Å². The molecule has 57 heavy (non-hydrogen) atoms. The summed E-state index contributed by atoms with van der Waals surface area (Å²) < 4.78 is 5.05. The van der Waals surface area contributed by atoms with Crippen molar-refractivity contribution in [1.29, 1.82) is 0 Å². The molecule has 3 aromatic heterocycles. The fourth-order valence-corrected chi connectivity index (χ4v) is 10.2. The monoisotopic (exact) mass is 742 g/mol. The molecule has 2 nitrogen and oxygen atoms in total. The molecule has 12 rings (SSSR count). The van der Waals surface area contributed by atoms with E-state index in [2.05, 4.69) is 216 Å². The van der Waals surface area contributed by atoms with Gasteiger partial charge in [-0.3, -0.25) is 0 Å². The number of anilines is 3. The molecule has 0 saturated heterocycles. The van der Waals surface area contributed by atoms with Crippen LogP contribution in [0.2, 0.25) is 0 Å². The Morgan fingerprint density at radius 3 is 1.68 bits per heavy atom. The minimum Gasteiger partial charge on any atom is -0.310 e. The molecule has 0 aliphatic heterocycles. The minimum atomic E-state index is 1.12. The highest BCUT2D eigenvalue weighted by Gasteiger charge is 2.19. The molecule has 12 aromatic rings. The van der Waals surface area contributed by atoms with E-state index in [1.54, 1.807) is 0 Å². The zero-order valence-electron chi connectivity index (χ0n) is 30.9. The lowest BCUT2D eigenvalue weighted by atomic mass is 9.97. The normalized spacial score (nSPS) is 11.9. The molecule has 0 aliphatic carbocycles. The summed E-state index contributed by atoms with van der Waals surface area (Å²) in [6.07, 6.45) is 0. The fraction of sp³-hybridized carbons (Fsp3) is 0. The number of fused-ring (bicyclic) bond motifs is 9. The molecular formula is C54H34N2S. The van der Waals surface area contributed by atoms with Gasteiger partial charge >= 0.3 is 0 Å². The Kier molecular flexibility index (Phi) is 7.13. The molecule has 0 fully saturated rings. The number of para-hydroxylation sites is 2. The maximum atomic E-state index is 2.44. The summed E-state index contributed by atoms with van der Waals surface area (Å²) in [5.74, 6) is 0. The van der Waals surface area contributed by atoms with Crippen molar-refractivity contribution in [3.05, 3.63) is 206 Å². The molecule has 266 valence electrons. The van der Waals surface area contributed by atoms with Gasteiger partial charge in [0.15, 0.2) is 0 Å². The molecule has 0 atom stereocenters. The van der Waals surface area contributed by atoms with Gasteiger partial charge in [0.25, 0.3) is 0 Å². The van der Waals surface area contributed by atoms with Crippen LogP contribution in [0.1, 0.15) is 0 Å². The number of rotatable bonds is 6. The minimum absolute atomic E-state index is 1.12. The maximum Gasteiger partial charge on any atom is 0.0620 e. The van der Waals surface area contributed by atoms with Crippen LogP contribution in [0.5, 0.6) is 0 Å². The summed E-state index contributed by atoms with van der Waals surface area (Å²) >= 11 is 1.86. The van der Waals surface area contributed by atoms with Crippen molar-refractivity contribution < 1.29 is 0 Å². The third kappa shape index (κ3) is 5.10. The average Bonchev–Trinajstić information content (AvgIpc) is 3.94. The van der Waals surface area contributed by atoms with Crippen molar-refractivity contribution in [2.75, 3.05) is 4.90 Å². The molecule has 0 radical (unpaired) electrons. The second-order valence-electron chi connectivity index (χ2n) is 14.9. The summed E-state index contributed by atoms with van der Waals surface area (Å²) in [5.41, 5.74) is 14.4. The van der Waals surface area contributed by atoms with E-state index < -0.39 is 0 Å². The van der Waals surface area contributed by atoms with Crippen LogP contribution in [0.25, 0.3) is 91.6 Å². The second-order valence-corrected chi connectivity index (χ2v) is 16.0. The standard InChI is InChI=1S/C54H34N2S/c1-2-11-35(12-3-1)36-23-26-41(27-24-36)55(43-28-29-46-45-18-5-7-22-52(45)57-53(46)34-43)42-16-9-15-39(32-42)37-13-8-14-38(31-37)40-25-30-51-49(33-40)48-20-10-19-47-44-17-4-6-21-50(44)56(51)54(47)48/h1-34H. The van der Waals surface area contributed by atoms with E-state index in [-0.39, 0.29) is 0 Å². The van der Waals surface area contributed by atoms with E-state index >= 15 is 0 Å². The number of nitrogens with zero attached hydrogens (tertiary/aromatic N) is 2. The van der Waals surface area contributed by atoms with Gasteiger partial charge in [0.05, 0.1) is 16.6 Å². The highest BCUT2D eigenvalue weighted by Crippen LogP contribution is 2.43. The topological polar surface area (TPSA) is 7.65 Å². The Balaban J connectivity index is 0.960. The third-order valence-electron chi connectivity index (χ3n) is 11.7. The van der Waals surface area contributed by atoms with E-state index in [1.807, 2.05) is 11.3 Å². The largest absolute Gasteiger partial charge is 0.310 e. The van der Waals surface area contributed by atoms with E-state index in [1.165, 1.54) is 91.6 Å². The number of hydrogen-bond donors (Lipinski definition) is 0. The Labute approximate surface area is 334 Å². The Morgan fingerprint density at radius 1 is 0.298 bits per heavy atom. The summed E-state index contributed by atoms with van der Waals surface area (Å²) in [4.78, 5) is 2.39. The maximum absolute atomic E-state index is 2.44. The van der Waals surface area contributed by atoms with E-state index in [9.17, 15) is 0 Å². The van der Waals surface area contributed by atoms with Gasteiger partial charge in [0, 0.05) is 58.8 Å². The van der Waals surface area contributed by atoms with Crippen molar-refractivity contribution in [2.24, 2.45) is 0 Å². The highest BCUT2D eigenvalue weighted by molar-refractivity contribution is 7.25. The average molecular weight is 743 g/mol. The zero-order chi connectivity index (χ0) is 37.5. The van der Waals surface area contributed by atoms with E-state index in [0.29, 0.717) is 0 Å². The van der Waals surface area contributed by atoms with Gasteiger partial charge in [0.1, 0.15) is 0 Å². The molecule has 0 unspecified atom stereocenters. The molecule has 9 aromatic carbocycles. The molecule has 3 heteroatoms. The molecule has 0 aliphatic rings. The SMILES string of the molecule is c1ccc(-c2ccc(N(c3cccc(-c4cccc(-c5ccc6c(c5)c5cccc7c8ccccc8n6c75)c4)c3)c3ccc4c(c3)sc3ccccc34)cc2)cc1. The van der Waals surface area contributed by atoms with E-state index in [0.717, 1.165) is 17.1 Å². The van der Waals surface area contributed by atoms with E-state index in [4.69, 9.17) is 0 Å². The highest BCUT2D eigenvalue weighted by atomic mass is 32.1. The number of benzene rings is 9. The van der Waals surface area contributed by atoms with Gasteiger partial charge in [-0.1, -0.05) is 140 Å². The van der Waals surface area contributed by atoms with Crippen LogP contribution in [0.3, 0.4) is 0 Å². The van der Waals surface area contributed by atoms with Crippen LogP contribution in [0.15, 0.2) is 206 Å². The Hall–Kier alpha value is -7.20. The van der Waals surface area contributed by atoms with Crippen molar-refractivity contribution in [3.8, 4) is 33.4 Å². The summed E-state index contributed by atoms with van der Waals surface area (Å²) in [5, 5.41) is 7.82. The van der Waals surface area contributed by atoms with Gasteiger partial charge in [-0.05, 0) is 100 Å². The van der Waals surface area contributed by atoms with Crippen molar-refractivity contribution >= 4 is 86.7 Å².